The van der Waals surface area contributed by atoms with E-state index in [9.17, 15) is 14.3 Å². The van der Waals surface area contributed by atoms with Gasteiger partial charge in [-0.05, 0) is 73.7 Å². The van der Waals surface area contributed by atoms with Gasteiger partial charge in [-0.1, -0.05) is 0 Å². The van der Waals surface area contributed by atoms with Crippen molar-refractivity contribution < 1.29 is 14.3 Å². The molecule has 1 unspecified atom stereocenters. The molecule has 1 atom stereocenters. The molecule has 1 aromatic carbocycles. The van der Waals surface area contributed by atoms with Gasteiger partial charge in [0.25, 0.3) is 5.91 Å². The summed E-state index contributed by atoms with van der Waals surface area (Å²) in [7, 11) is 0. The minimum absolute atomic E-state index is 0.0903. The summed E-state index contributed by atoms with van der Waals surface area (Å²) < 4.78 is 13.7. The number of rotatable bonds is 3. The molecule has 156 valence electrons. The molecule has 1 aromatic heterocycles. The first kappa shape index (κ1) is 20.5. The highest BCUT2D eigenvalue weighted by Gasteiger charge is 2.42. The van der Waals surface area contributed by atoms with Gasteiger partial charge in [0.2, 0.25) is 0 Å². The summed E-state index contributed by atoms with van der Waals surface area (Å²) in [5.74, 6) is -0.482. The van der Waals surface area contributed by atoms with Crippen LogP contribution in [0.15, 0.2) is 42.7 Å². The lowest BCUT2D eigenvalue weighted by Crippen LogP contribution is -2.55. The molecule has 2 aromatic rings. The van der Waals surface area contributed by atoms with Gasteiger partial charge in [0, 0.05) is 32.0 Å². The summed E-state index contributed by atoms with van der Waals surface area (Å²) in [6.07, 6.45) is 5.08. The van der Waals surface area contributed by atoms with Crippen LogP contribution >= 0.6 is 0 Å². The second-order valence-corrected chi connectivity index (χ2v) is 8.52. The number of piperidine rings is 2. The van der Waals surface area contributed by atoms with Crippen LogP contribution in [0.1, 0.15) is 40.7 Å². The molecule has 2 aliphatic rings. The van der Waals surface area contributed by atoms with Crippen LogP contribution in [0, 0.1) is 22.6 Å². The fraction of sp³-hybridized carbons (Fsp3) is 0.435. The normalized spacial score (nSPS) is 21.4. The standard InChI is InChI=1S/C23H25FN4O2/c24-20-9-17(12-25)8-18(10-20)14-27-6-3-23(4-7-27)11-21(29)15-28(16-23)22(30)19-2-1-5-26-13-19/h1-2,5,8-10,13,21,29H,3-4,6-7,11,14-16H2. The van der Waals surface area contributed by atoms with Crippen LogP contribution in [0.3, 0.4) is 0 Å². The smallest absolute Gasteiger partial charge is 0.255 e. The number of hydrogen-bond donors (Lipinski definition) is 1. The van der Waals surface area contributed by atoms with Gasteiger partial charge in [0.05, 0.1) is 23.3 Å². The molecule has 2 saturated heterocycles. The first-order valence-corrected chi connectivity index (χ1v) is 10.3. The molecular weight excluding hydrogens is 383 g/mol. The molecule has 0 aliphatic carbocycles. The third-order valence-corrected chi connectivity index (χ3v) is 6.23. The highest BCUT2D eigenvalue weighted by Crippen LogP contribution is 2.40. The number of aliphatic hydroxyl groups is 1. The van der Waals surface area contributed by atoms with E-state index in [2.05, 4.69) is 9.88 Å². The first-order valence-electron chi connectivity index (χ1n) is 10.3. The summed E-state index contributed by atoms with van der Waals surface area (Å²) in [5.41, 5.74) is 1.56. The SMILES string of the molecule is N#Cc1cc(F)cc(CN2CCC3(CC2)CC(O)CN(C(=O)c2cccnc2)C3)c1. The van der Waals surface area contributed by atoms with Crippen molar-refractivity contribution in [3.8, 4) is 6.07 Å². The Morgan fingerprint density at radius 1 is 1.33 bits per heavy atom. The van der Waals surface area contributed by atoms with Gasteiger partial charge in [-0.3, -0.25) is 14.7 Å². The number of carbonyl (C=O) groups is 1. The van der Waals surface area contributed by atoms with Crippen molar-refractivity contribution in [1.82, 2.24) is 14.8 Å². The van der Waals surface area contributed by atoms with Gasteiger partial charge in [-0.2, -0.15) is 5.26 Å². The van der Waals surface area contributed by atoms with Crippen molar-refractivity contribution in [3.63, 3.8) is 0 Å². The van der Waals surface area contributed by atoms with Crippen LogP contribution in [0.25, 0.3) is 0 Å². The number of nitrogens with zero attached hydrogens (tertiary/aromatic N) is 4. The summed E-state index contributed by atoms with van der Waals surface area (Å²) in [4.78, 5) is 20.9. The Morgan fingerprint density at radius 2 is 2.13 bits per heavy atom. The van der Waals surface area contributed by atoms with E-state index in [1.54, 1.807) is 35.5 Å². The molecule has 7 heteroatoms. The number of nitriles is 1. The van der Waals surface area contributed by atoms with E-state index in [1.165, 1.54) is 12.1 Å². The third-order valence-electron chi connectivity index (χ3n) is 6.23. The number of carbonyl (C=O) groups excluding carboxylic acids is 1. The molecule has 4 rings (SSSR count). The quantitative estimate of drug-likeness (QED) is 0.844. The average Bonchev–Trinajstić information content (AvgIpc) is 2.75. The molecular formula is C23H25FN4O2. The minimum Gasteiger partial charge on any atom is -0.391 e. The molecule has 1 N–H and O–H groups in total. The van der Waals surface area contributed by atoms with E-state index < -0.39 is 11.9 Å². The van der Waals surface area contributed by atoms with Gasteiger partial charge < -0.3 is 10.0 Å². The number of benzene rings is 1. The molecule has 3 heterocycles. The zero-order valence-corrected chi connectivity index (χ0v) is 16.8. The molecule has 6 nitrogen and oxygen atoms in total. The summed E-state index contributed by atoms with van der Waals surface area (Å²) >= 11 is 0. The lowest BCUT2D eigenvalue weighted by molar-refractivity contribution is -0.0337. The summed E-state index contributed by atoms with van der Waals surface area (Å²) in [6, 6.07) is 9.94. The maximum Gasteiger partial charge on any atom is 0.255 e. The average molecular weight is 408 g/mol. The third kappa shape index (κ3) is 4.50. The summed E-state index contributed by atoms with van der Waals surface area (Å²) in [6.45, 7) is 3.17. The van der Waals surface area contributed by atoms with E-state index in [0.29, 0.717) is 37.2 Å². The zero-order valence-electron chi connectivity index (χ0n) is 16.8. The van der Waals surface area contributed by atoms with Crippen molar-refractivity contribution in [1.29, 1.82) is 5.26 Å². The van der Waals surface area contributed by atoms with Crippen molar-refractivity contribution in [2.45, 2.75) is 31.9 Å². The van der Waals surface area contributed by atoms with E-state index in [0.717, 1.165) is 31.5 Å². The maximum absolute atomic E-state index is 13.7. The highest BCUT2D eigenvalue weighted by molar-refractivity contribution is 5.94. The fourth-order valence-electron chi connectivity index (χ4n) is 4.79. The predicted molar refractivity (Wildman–Crippen MR) is 109 cm³/mol. The number of hydrogen-bond acceptors (Lipinski definition) is 5. The molecule has 2 aliphatic heterocycles. The Balaban J connectivity index is 1.41. The van der Waals surface area contributed by atoms with Crippen LogP contribution in [0.5, 0.6) is 0 Å². The van der Waals surface area contributed by atoms with E-state index in [1.807, 2.05) is 6.07 Å². The van der Waals surface area contributed by atoms with Gasteiger partial charge in [-0.15, -0.1) is 0 Å². The first-order chi connectivity index (χ1) is 14.5. The molecule has 0 radical (unpaired) electrons. The molecule has 1 spiro atoms. The van der Waals surface area contributed by atoms with Gasteiger partial charge >= 0.3 is 0 Å². The van der Waals surface area contributed by atoms with E-state index in [-0.39, 0.29) is 11.3 Å². The van der Waals surface area contributed by atoms with Crippen molar-refractivity contribution in [2.24, 2.45) is 5.41 Å². The van der Waals surface area contributed by atoms with Gasteiger partial charge in [0.15, 0.2) is 0 Å². The van der Waals surface area contributed by atoms with Crippen molar-refractivity contribution in [2.75, 3.05) is 26.2 Å². The Hall–Kier alpha value is -2.82. The van der Waals surface area contributed by atoms with Crippen LogP contribution in [-0.2, 0) is 6.54 Å². The lowest BCUT2D eigenvalue weighted by atomic mass is 9.71. The van der Waals surface area contributed by atoms with Crippen molar-refractivity contribution >= 4 is 5.91 Å². The topological polar surface area (TPSA) is 80.5 Å². The number of amides is 1. The Morgan fingerprint density at radius 3 is 2.83 bits per heavy atom. The molecule has 2 fully saturated rings. The second-order valence-electron chi connectivity index (χ2n) is 8.52. The lowest BCUT2D eigenvalue weighted by Gasteiger charge is -2.49. The van der Waals surface area contributed by atoms with E-state index in [4.69, 9.17) is 5.26 Å². The predicted octanol–water partition coefficient (Wildman–Crippen LogP) is 2.58. The molecule has 1 amide bonds. The van der Waals surface area contributed by atoms with Crippen molar-refractivity contribution in [3.05, 3.63) is 65.2 Å². The number of aromatic nitrogens is 1. The second kappa shape index (κ2) is 8.50. The Bertz CT molecular complexity index is 951. The van der Waals surface area contributed by atoms with E-state index >= 15 is 0 Å². The number of aliphatic hydroxyl groups excluding tert-OH is 1. The highest BCUT2D eigenvalue weighted by atomic mass is 19.1. The molecule has 0 saturated carbocycles. The maximum atomic E-state index is 13.7. The monoisotopic (exact) mass is 408 g/mol. The Labute approximate surface area is 175 Å². The largest absolute Gasteiger partial charge is 0.391 e. The number of β-amino-alcohol motifs (C(OH)–C–C–N with tert-alkyl or cyclic N) is 1. The van der Waals surface area contributed by atoms with Crippen LogP contribution < -0.4 is 0 Å². The minimum atomic E-state index is -0.535. The van der Waals surface area contributed by atoms with Gasteiger partial charge in [0.1, 0.15) is 5.82 Å². The number of pyridine rings is 1. The Kier molecular flexibility index (Phi) is 5.80. The van der Waals surface area contributed by atoms with Gasteiger partial charge in [-0.25, -0.2) is 4.39 Å². The fourth-order valence-corrected chi connectivity index (χ4v) is 4.79. The molecule has 30 heavy (non-hydrogen) atoms. The number of halogens is 1. The van der Waals surface area contributed by atoms with Crippen LogP contribution in [0.4, 0.5) is 4.39 Å². The number of likely N-dealkylation sites (tertiary alicyclic amines) is 2. The zero-order chi connectivity index (χ0) is 21.1. The van der Waals surface area contributed by atoms with Crippen LogP contribution in [0.2, 0.25) is 0 Å². The molecule has 0 bridgehead atoms. The van der Waals surface area contributed by atoms with Crippen LogP contribution in [-0.4, -0.2) is 58.1 Å². The summed E-state index contributed by atoms with van der Waals surface area (Å²) in [5, 5.41) is 19.5.